The molecule has 138 valence electrons. The van der Waals surface area contributed by atoms with Gasteiger partial charge in [0.05, 0.1) is 11.4 Å². The van der Waals surface area contributed by atoms with E-state index in [0.717, 1.165) is 0 Å². The summed E-state index contributed by atoms with van der Waals surface area (Å²) in [6.07, 6.45) is -0.691. The molecule has 0 saturated carbocycles. The Morgan fingerprint density at radius 2 is 1.96 bits per heavy atom. The number of anilines is 1. The molecule has 2 aromatic rings. The van der Waals surface area contributed by atoms with Gasteiger partial charge >= 0.3 is 0 Å². The molecule has 0 aliphatic carbocycles. The van der Waals surface area contributed by atoms with E-state index >= 15 is 0 Å². The van der Waals surface area contributed by atoms with Gasteiger partial charge in [0, 0.05) is 23.6 Å². The molecule has 2 aliphatic rings. The molecule has 2 aliphatic heterocycles. The van der Waals surface area contributed by atoms with E-state index in [2.05, 4.69) is 10.5 Å². The minimum Gasteiger partial charge on any atom is -0.454 e. The molecule has 0 radical (unpaired) electrons. The molecule has 0 aromatic heterocycles. The standard InChI is InChI=1S/C19H15FN2O5/c1-10(23)13-6-16-17(26-9-25-16)8-15(13)21-19(24)18-7-14(22-27-18)11-3-2-4-12(20)5-11/h2-6,8,18H,7,9H2,1H3,(H,21,24)/t18-/m1/s1. The minimum absolute atomic E-state index is 0.0562. The van der Waals surface area contributed by atoms with Crippen molar-refractivity contribution >= 4 is 23.1 Å². The molecule has 27 heavy (non-hydrogen) atoms. The van der Waals surface area contributed by atoms with E-state index in [0.29, 0.717) is 34.0 Å². The maximum absolute atomic E-state index is 13.4. The van der Waals surface area contributed by atoms with Crippen LogP contribution in [0.15, 0.2) is 41.6 Å². The second-order valence-electron chi connectivity index (χ2n) is 6.14. The van der Waals surface area contributed by atoms with Crippen molar-refractivity contribution in [2.75, 3.05) is 12.1 Å². The Morgan fingerprint density at radius 1 is 1.19 bits per heavy atom. The first-order chi connectivity index (χ1) is 13.0. The number of carbonyl (C=O) groups is 2. The molecule has 0 saturated heterocycles. The topological polar surface area (TPSA) is 86.2 Å². The summed E-state index contributed by atoms with van der Waals surface area (Å²) < 4.78 is 23.9. The minimum atomic E-state index is -0.881. The molecule has 0 unspecified atom stereocenters. The molecule has 0 bridgehead atoms. The molecule has 0 fully saturated rings. The van der Waals surface area contributed by atoms with Gasteiger partial charge in [0.1, 0.15) is 5.82 Å². The predicted octanol–water partition coefficient (Wildman–Crippen LogP) is 2.89. The van der Waals surface area contributed by atoms with Gasteiger partial charge in [-0.15, -0.1) is 0 Å². The fourth-order valence-corrected chi connectivity index (χ4v) is 2.91. The van der Waals surface area contributed by atoms with Gasteiger partial charge in [-0.2, -0.15) is 0 Å². The van der Waals surface area contributed by atoms with Crippen LogP contribution in [0.3, 0.4) is 0 Å². The van der Waals surface area contributed by atoms with E-state index in [4.69, 9.17) is 14.3 Å². The number of amides is 1. The van der Waals surface area contributed by atoms with Crippen molar-refractivity contribution in [1.29, 1.82) is 0 Å². The summed E-state index contributed by atoms with van der Waals surface area (Å²) in [7, 11) is 0. The van der Waals surface area contributed by atoms with Gasteiger partial charge in [-0.1, -0.05) is 17.3 Å². The average molecular weight is 370 g/mol. The number of ether oxygens (including phenoxy) is 2. The van der Waals surface area contributed by atoms with Gasteiger partial charge in [-0.05, 0) is 25.1 Å². The van der Waals surface area contributed by atoms with Gasteiger partial charge in [0.15, 0.2) is 17.3 Å². The van der Waals surface area contributed by atoms with Crippen LogP contribution in [0, 0.1) is 5.82 Å². The van der Waals surface area contributed by atoms with E-state index in [1.54, 1.807) is 18.2 Å². The zero-order chi connectivity index (χ0) is 19.0. The molecule has 4 rings (SSSR count). The molecule has 2 aromatic carbocycles. The third-order valence-corrected chi connectivity index (χ3v) is 4.27. The third-order valence-electron chi connectivity index (χ3n) is 4.27. The van der Waals surface area contributed by atoms with E-state index < -0.39 is 17.8 Å². The van der Waals surface area contributed by atoms with E-state index in [1.807, 2.05) is 0 Å². The number of hydrogen-bond acceptors (Lipinski definition) is 6. The van der Waals surface area contributed by atoms with Crippen LogP contribution in [0.1, 0.15) is 29.3 Å². The summed E-state index contributed by atoms with van der Waals surface area (Å²) >= 11 is 0. The number of halogens is 1. The molecule has 1 N–H and O–H groups in total. The zero-order valence-electron chi connectivity index (χ0n) is 14.3. The second kappa shape index (κ2) is 6.71. The molecule has 0 spiro atoms. The summed E-state index contributed by atoms with van der Waals surface area (Å²) in [5, 5.41) is 6.56. The Hall–Kier alpha value is -3.42. The lowest BCUT2D eigenvalue weighted by atomic mass is 10.0. The largest absolute Gasteiger partial charge is 0.454 e. The van der Waals surface area contributed by atoms with Crippen molar-refractivity contribution in [1.82, 2.24) is 0 Å². The van der Waals surface area contributed by atoms with Gasteiger partial charge in [0.25, 0.3) is 5.91 Å². The highest BCUT2D eigenvalue weighted by Crippen LogP contribution is 2.37. The molecule has 7 nitrogen and oxygen atoms in total. The number of Topliss-reactive ketones (excluding diaryl/α,β-unsaturated/α-hetero) is 1. The third kappa shape index (κ3) is 3.33. The summed E-state index contributed by atoms with van der Waals surface area (Å²) in [6, 6.07) is 8.98. The van der Waals surface area contributed by atoms with Crippen LogP contribution < -0.4 is 14.8 Å². The van der Waals surface area contributed by atoms with E-state index in [1.165, 1.54) is 25.1 Å². The van der Waals surface area contributed by atoms with Crippen LogP contribution in [0.2, 0.25) is 0 Å². The number of carbonyl (C=O) groups excluding carboxylic acids is 2. The monoisotopic (exact) mass is 370 g/mol. The molecule has 1 amide bonds. The summed E-state index contributed by atoms with van der Waals surface area (Å²) in [5.41, 5.74) is 1.64. The smallest absolute Gasteiger partial charge is 0.268 e. The first-order valence-corrected chi connectivity index (χ1v) is 8.25. The van der Waals surface area contributed by atoms with E-state index in [9.17, 15) is 14.0 Å². The van der Waals surface area contributed by atoms with Crippen molar-refractivity contribution in [3.63, 3.8) is 0 Å². The SMILES string of the molecule is CC(=O)c1cc2c(cc1NC(=O)[C@H]1CC(c3cccc(F)c3)=NO1)OCO2. The maximum atomic E-state index is 13.4. The number of fused-ring (bicyclic) bond motifs is 1. The van der Waals surface area contributed by atoms with Crippen LogP contribution in [0.4, 0.5) is 10.1 Å². The Morgan fingerprint density at radius 3 is 2.70 bits per heavy atom. The van der Waals surface area contributed by atoms with Crippen molar-refractivity contribution in [3.8, 4) is 11.5 Å². The molecular weight excluding hydrogens is 355 g/mol. The highest BCUT2D eigenvalue weighted by atomic mass is 19.1. The summed E-state index contributed by atoms with van der Waals surface area (Å²) in [5.74, 6) is -0.194. The van der Waals surface area contributed by atoms with Crippen molar-refractivity contribution in [2.24, 2.45) is 5.16 Å². The molecule has 1 atom stereocenters. The Kier molecular flexibility index (Phi) is 4.23. The number of hydrogen-bond donors (Lipinski definition) is 1. The van der Waals surface area contributed by atoms with Gasteiger partial charge in [-0.25, -0.2) is 4.39 Å². The van der Waals surface area contributed by atoms with Crippen molar-refractivity contribution < 1.29 is 28.3 Å². The van der Waals surface area contributed by atoms with Gasteiger partial charge in [-0.3, -0.25) is 9.59 Å². The Balaban J connectivity index is 1.50. The van der Waals surface area contributed by atoms with Crippen LogP contribution in [-0.2, 0) is 9.63 Å². The van der Waals surface area contributed by atoms with Gasteiger partial charge in [0.2, 0.25) is 12.9 Å². The fourth-order valence-electron chi connectivity index (χ4n) is 2.91. The first-order valence-electron chi connectivity index (χ1n) is 8.25. The second-order valence-corrected chi connectivity index (χ2v) is 6.14. The normalized spacial score (nSPS) is 17.3. The number of rotatable bonds is 4. The van der Waals surface area contributed by atoms with Crippen molar-refractivity contribution in [3.05, 3.63) is 53.3 Å². The van der Waals surface area contributed by atoms with Crippen LogP contribution in [0.5, 0.6) is 11.5 Å². The van der Waals surface area contributed by atoms with Crippen LogP contribution in [-0.4, -0.2) is 30.3 Å². The zero-order valence-corrected chi connectivity index (χ0v) is 14.3. The predicted molar refractivity (Wildman–Crippen MR) is 93.6 cm³/mol. The molecular formula is C19H15FN2O5. The lowest BCUT2D eigenvalue weighted by molar-refractivity contribution is -0.125. The fraction of sp³-hybridized carbons (Fsp3) is 0.211. The summed E-state index contributed by atoms with van der Waals surface area (Å²) in [4.78, 5) is 29.7. The van der Waals surface area contributed by atoms with Gasteiger partial charge < -0.3 is 19.6 Å². The number of oxime groups is 1. The van der Waals surface area contributed by atoms with Crippen LogP contribution >= 0.6 is 0 Å². The number of nitrogens with one attached hydrogen (secondary N) is 1. The molecule has 2 heterocycles. The number of ketones is 1. The average Bonchev–Trinajstić information content (AvgIpc) is 3.30. The Bertz CT molecular complexity index is 973. The summed E-state index contributed by atoms with van der Waals surface area (Å²) in [6.45, 7) is 1.45. The first kappa shape index (κ1) is 17.0. The number of benzene rings is 2. The highest BCUT2D eigenvalue weighted by molar-refractivity contribution is 6.08. The highest BCUT2D eigenvalue weighted by Gasteiger charge is 2.30. The number of nitrogens with zero attached hydrogens (tertiary/aromatic N) is 1. The lowest BCUT2D eigenvalue weighted by Gasteiger charge is -2.13. The quantitative estimate of drug-likeness (QED) is 0.837. The Labute approximate surface area is 153 Å². The van der Waals surface area contributed by atoms with Crippen LogP contribution in [0.25, 0.3) is 0 Å². The maximum Gasteiger partial charge on any atom is 0.268 e. The molecule has 8 heteroatoms. The van der Waals surface area contributed by atoms with Crippen molar-refractivity contribution in [2.45, 2.75) is 19.4 Å². The lowest BCUT2D eigenvalue weighted by Crippen LogP contribution is -2.28. The van der Waals surface area contributed by atoms with E-state index in [-0.39, 0.29) is 19.0 Å².